The van der Waals surface area contributed by atoms with Crippen molar-refractivity contribution in [3.05, 3.63) is 70.4 Å². The lowest BCUT2D eigenvalue weighted by molar-refractivity contribution is -0.131. The molecule has 0 aliphatic carbocycles. The number of thiophene rings is 2. The van der Waals surface area contributed by atoms with Crippen LogP contribution in [-0.2, 0) is 27.2 Å². The second-order valence-corrected chi connectivity index (χ2v) is 13.6. The van der Waals surface area contributed by atoms with Gasteiger partial charge in [0, 0.05) is 40.5 Å². The highest BCUT2D eigenvalue weighted by Gasteiger charge is 2.32. The first-order valence-corrected chi connectivity index (χ1v) is 16.8. The number of amides is 2. The Hall–Kier alpha value is -3.07. The zero-order chi connectivity index (χ0) is 29.6. The number of carbonyl (C=O) groups is 3. The molecule has 2 amide bonds. The molecule has 42 heavy (non-hydrogen) atoms. The Balaban J connectivity index is 1.36. The van der Waals surface area contributed by atoms with Crippen LogP contribution >= 0.6 is 22.7 Å². The lowest BCUT2D eigenvalue weighted by Gasteiger charge is -2.29. The molecule has 2 aromatic carbocycles. The maximum absolute atomic E-state index is 14.1. The molecular weight excluding hydrogens is 563 g/mol. The number of Topliss-reactive ketones (excluding diaryl/α,β-unsaturated/α-hetero) is 1. The molecule has 0 bridgehead atoms. The number of piperidine rings is 1. The van der Waals surface area contributed by atoms with Gasteiger partial charge in [-0.25, -0.2) is 0 Å². The van der Waals surface area contributed by atoms with Crippen LogP contribution in [0.5, 0.6) is 0 Å². The number of benzene rings is 2. The summed E-state index contributed by atoms with van der Waals surface area (Å²) >= 11 is 3.36. The largest absolute Gasteiger partial charge is 0.336 e. The number of fused-ring (bicyclic) bond motifs is 2. The third-order valence-corrected chi connectivity index (χ3v) is 10.8. The molecule has 2 aromatic heterocycles. The number of hydrogen-bond acceptors (Lipinski definition) is 6. The van der Waals surface area contributed by atoms with Crippen molar-refractivity contribution in [2.45, 2.75) is 59.0 Å². The Bertz CT molecular complexity index is 1540. The number of rotatable bonds is 12. The van der Waals surface area contributed by atoms with E-state index >= 15 is 0 Å². The van der Waals surface area contributed by atoms with Crippen molar-refractivity contribution in [2.24, 2.45) is 23.7 Å². The Morgan fingerprint density at radius 3 is 2.02 bits per heavy atom. The van der Waals surface area contributed by atoms with Gasteiger partial charge < -0.3 is 16.0 Å². The maximum atomic E-state index is 14.1. The van der Waals surface area contributed by atoms with Gasteiger partial charge in [-0.2, -0.15) is 0 Å². The van der Waals surface area contributed by atoms with E-state index in [9.17, 15) is 14.4 Å². The summed E-state index contributed by atoms with van der Waals surface area (Å²) in [5, 5.41) is 16.1. The zero-order valence-electron chi connectivity index (χ0n) is 24.7. The van der Waals surface area contributed by atoms with E-state index in [-0.39, 0.29) is 35.5 Å². The molecule has 1 aliphatic heterocycles. The van der Waals surface area contributed by atoms with E-state index in [0.29, 0.717) is 25.0 Å². The quantitative estimate of drug-likeness (QED) is 0.165. The third-order valence-electron chi connectivity index (χ3n) is 8.78. The predicted octanol–water partition coefficient (Wildman–Crippen LogP) is 6.33. The minimum atomic E-state index is -0.529. The summed E-state index contributed by atoms with van der Waals surface area (Å²) in [5.74, 6) is -0.256. The molecule has 4 atom stereocenters. The second kappa shape index (κ2) is 13.9. The van der Waals surface area contributed by atoms with Crippen molar-refractivity contribution in [1.29, 1.82) is 0 Å². The molecule has 1 fully saturated rings. The van der Waals surface area contributed by atoms with E-state index in [4.69, 9.17) is 0 Å². The normalized spacial score (nSPS) is 17.0. The lowest BCUT2D eigenvalue weighted by atomic mass is 9.77. The Morgan fingerprint density at radius 1 is 0.857 bits per heavy atom. The molecule has 1 saturated heterocycles. The average molecular weight is 604 g/mol. The number of hydrogen-bond donors (Lipinski definition) is 3. The smallest absolute Gasteiger partial charge is 0.225 e. The number of carbonyl (C=O) groups excluding carboxylic acids is 3. The van der Waals surface area contributed by atoms with Gasteiger partial charge in [0.25, 0.3) is 0 Å². The van der Waals surface area contributed by atoms with Crippen molar-refractivity contribution in [2.75, 3.05) is 13.1 Å². The Morgan fingerprint density at radius 2 is 1.43 bits per heavy atom. The summed E-state index contributed by atoms with van der Waals surface area (Å²) in [6, 6.07) is 16.5. The van der Waals surface area contributed by atoms with Crippen molar-refractivity contribution >= 4 is 60.4 Å². The SMILES string of the molecule is CC(=O)N[C@@H](Cc1csc2ccccc12)NC(=O)[C@@H](Cc1csc2ccccc12)C[C@@H](C)C(C)C(=O)C1CCNCC1. The molecule has 0 radical (unpaired) electrons. The summed E-state index contributed by atoms with van der Waals surface area (Å²) in [4.78, 5) is 39.7. The van der Waals surface area contributed by atoms with Crippen LogP contribution in [0.15, 0.2) is 59.3 Å². The summed E-state index contributed by atoms with van der Waals surface area (Å²) in [6.45, 7) is 7.40. The fraction of sp³-hybridized carbons (Fsp3) is 0.441. The molecular formula is C34H41N3O3S2. The summed E-state index contributed by atoms with van der Waals surface area (Å²) in [5.41, 5.74) is 2.25. The lowest BCUT2D eigenvalue weighted by Crippen LogP contribution is -2.50. The van der Waals surface area contributed by atoms with Gasteiger partial charge in [0.1, 0.15) is 11.9 Å². The molecule has 8 heteroatoms. The minimum Gasteiger partial charge on any atom is -0.336 e. The molecule has 0 saturated carbocycles. The van der Waals surface area contributed by atoms with Crippen LogP contribution in [0.1, 0.15) is 51.2 Å². The molecule has 1 unspecified atom stereocenters. The summed E-state index contributed by atoms with van der Waals surface area (Å²) < 4.78 is 2.39. The molecule has 4 aromatic rings. The van der Waals surface area contributed by atoms with Crippen LogP contribution in [0.4, 0.5) is 0 Å². The zero-order valence-corrected chi connectivity index (χ0v) is 26.3. The van der Waals surface area contributed by atoms with Gasteiger partial charge in [0.15, 0.2) is 0 Å². The molecule has 1 aliphatic rings. The first-order chi connectivity index (χ1) is 20.3. The van der Waals surface area contributed by atoms with Crippen LogP contribution in [0.25, 0.3) is 20.2 Å². The second-order valence-electron chi connectivity index (χ2n) is 11.8. The van der Waals surface area contributed by atoms with E-state index in [2.05, 4.69) is 57.9 Å². The van der Waals surface area contributed by atoms with Crippen LogP contribution in [0.3, 0.4) is 0 Å². The van der Waals surface area contributed by atoms with E-state index in [1.807, 2.05) is 31.2 Å². The average Bonchev–Trinajstić information content (AvgIpc) is 3.60. The first kappa shape index (κ1) is 30.4. The Kier molecular flexibility index (Phi) is 10.1. The summed E-state index contributed by atoms with van der Waals surface area (Å²) in [7, 11) is 0. The summed E-state index contributed by atoms with van der Waals surface area (Å²) in [6.07, 6.45) is 2.93. The van der Waals surface area contributed by atoms with Crippen molar-refractivity contribution < 1.29 is 14.4 Å². The number of nitrogens with one attached hydrogen (secondary N) is 3. The van der Waals surface area contributed by atoms with Crippen LogP contribution in [0, 0.1) is 23.7 Å². The van der Waals surface area contributed by atoms with Crippen LogP contribution in [-0.4, -0.2) is 36.9 Å². The predicted molar refractivity (Wildman–Crippen MR) is 174 cm³/mol. The van der Waals surface area contributed by atoms with Crippen LogP contribution < -0.4 is 16.0 Å². The Labute approximate surface area is 256 Å². The molecule has 5 rings (SSSR count). The van der Waals surface area contributed by atoms with E-state index in [1.165, 1.54) is 21.7 Å². The van der Waals surface area contributed by atoms with Gasteiger partial charge in [0.2, 0.25) is 11.8 Å². The molecule has 3 heterocycles. The topological polar surface area (TPSA) is 87.3 Å². The third kappa shape index (κ3) is 7.28. The van der Waals surface area contributed by atoms with Gasteiger partial charge in [-0.15, -0.1) is 22.7 Å². The van der Waals surface area contributed by atoms with Crippen molar-refractivity contribution in [3.8, 4) is 0 Å². The maximum Gasteiger partial charge on any atom is 0.225 e. The minimum absolute atomic E-state index is 0.0491. The fourth-order valence-corrected chi connectivity index (χ4v) is 8.19. The standard InChI is InChI=1S/C34H41N3O3S2/c1-21(22(2)33(39)24-12-14-35-15-13-24)16-25(17-26-19-41-30-10-6-4-8-28(26)30)34(40)37-32(36-23(3)38)18-27-20-42-31-11-7-5-9-29(27)31/h4-11,19-22,24-25,32,35H,12-18H2,1-3H3,(H,36,38)(H,37,40)/t21-,22?,25-,32-/m1/s1. The molecule has 3 N–H and O–H groups in total. The number of ketones is 1. The highest BCUT2D eigenvalue weighted by Crippen LogP contribution is 2.32. The molecule has 222 valence electrons. The highest BCUT2D eigenvalue weighted by atomic mass is 32.1. The molecule has 6 nitrogen and oxygen atoms in total. The van der Waals surface area contributed by atoms with Gasteiger partial charge >= 0.3 is 0 Å². The van der Waals surface area contributed by atoms with Gasteiger partial charge in [0.05, 0.1) is 0 Å². The van der Waals surface area contributed by atoms with Gasteiger partial charge in [-0.3, -0.25) is 14.4 Å². The molecule has 0 spiro atoms. The van der Waals surface area contributed by atoms with Gasteiger partial charge in [-0.1, -0.05) is 50.2 Å². The first-order valence-electron chi connectivity index (χ1n) is 15.0. The monoisotopic (exact) mass is 603 g/mol. The van der Waals surface area contributed by atoms with Crippen LogP contribution in [0.2, 0.25) is 0 Å². The van der Waals surface area contributed by atoms with E-state index < -0.39 is 6.17 Å². The van der Waals surface area contributed by atoms with E-state index in [0.717, 1.165) is 42.4 Å². The fourth-order valence-electron chi connectivity index (χ4n) is 6.23. The van der Waals surface area contributed by atoms with Crippen molar-refractivity contribution in [3.63, 3.8) is 0 Å². The van der Waals surface area contributed by atoms with Gasteiger partial charge in [-0.05, 0) is 89.5 Å². The highest BCUT2D eigenvalue weighted by molar-refractivity contribution is 7.17. The van der Waals surface area contributed by atoms with Crippen molar-refractivity contribution in [1.82, 2.24) is 16.0 Å². The van der Waals surface area contributed by atoms with E-state index in [1.54, 1.807) is 22.7 Å².